The normalized spacial score (nSPS) is 17.3. The molecule has 1 saturated heterocycles. The smallest absolute Gasteiger partial charge is 0.410 e. The number of rotatable bonds is 9. The van der Waals surface area contributed by atoms with Crippen molar-refractivity contribution in [3.8, 4) is 11.5 Å². The standard InChI is InChI=1S/C26H40FNO6/c1-25(2,3)33-23(29)22(18-11-12-28(17-18)24(30)34-26(4,5)6)10-8-9-13-32-21-15-19(27)14-20(16-21)31-7/h14-16,18,22H,8-13,17H2,1-7H3/t18-,22-/m0/s1. The minimum absolute atomic E-state index is 0.00997. The number of likely N-dealkylation sites (tertiary alicyclic amines) is 1. The highest BCUT2D eigenvalue weighted by molar-refractivity contribution is 5.74. The van der Waals surface area contributed by atoms with Crippen LogP contribution < -0.4 is 9.47 Å². The topological polar surface area (TPSA) is 74.3 Å². The lowest BCUT2D eigenvalue weighted by molar-refractivity contribution is -0.162. The number of unbranched alkanes of at least 4 members (excludes halogenated alkanes) is 1. The predicted molar refractivity (Wildman–Crippen MR) is 128 cm³/mol. The van der Waals surface area contributed by atoms with Crippen LogP contribution in [-0.4, -0.2) is 55.0 Å². The largest absolute Gasteiger partial charge is 0.497 e. The minimum Gasteiger partial charge on any atom is -0.497 e. The number of methoxy groups -OCH3 is 1. The molecule has 1 aromatic carbocycles. The number of halogens is 1. The van der Waals surface area contributed by atoms with Gasteiger partial charge in [0, 0.05) is 31.3 Å². The number of ether oxygens (including phenoxy) is 4. The first-order valence-electron chi connectivity index (χ1n) is 12.0. The van der Waals surface area contributed by atoms with Crippen LogP contribution in [0.2, 0.25) is 0 Å². The van der Waals surface area contributed by atoms with E-state index in [2.05, 4.69) is 0 Å². The Labute approximate surface area is 202 Å². The van der Waals surface area contributed by atoms with E-state index in [1.807, 2.05) is 41.5 Å². The Morgan fingerprint density at radius 3 is 2.29 bits per heavy atom. The van der Waals surface area contributed by atoms with Crippen molar-refractivity contribution in [3.05, 3.63) is 24.0 Å². The van der Waals surface area contributed by atoms with Crippen molar-refractivity contribution in [3.63, 3.8) is 0 Å². The molecule has 0 unspecified atom stereocenters. The fourth-order valence-corrected chi connectivity index (χ4v) is 3.93. The van der Waals surface area contributed by atoms with E-state index in [4.69, 9.17) is 18.9 Å². The molecule has 7 nitrogen and oxygen atoms in total. The molecule has 2 atom stereocenters. The van der Waals surface area contributed by atoms with E-state index in [0.717, 1.165) is 12.8 Å². The van der Waals surface area contributed by atoms with E-state index in [9.17, 15) is 14.0 Å². The summed E-state index contributed by atoms with van der Waals surface area (Å²) in [6, 6.07) is 4.24. The van der Waals surface area contributed by atoms with Crippen LogP contribution in [0.25, 0.3) is 0 Å². The Balaban J connectivity index is 1.93. The van der Waals surface area contributed by atoms with Crippen LogP contribution in [0.5, 0.6) is 11.5 Å². The molecule has 0 saturated carbocycles. The molecule has 34 heavy (non-hydrogen) atoms. The summed E-state index contributed by atoms with van der Waals surface area (Å²) in [7, 11) is 1.47. The van der Waals surface area contributed by atoms with Crippen molar-refractivity contribution in [2.75, 3.05) is 26.8 Å². The summed E-state index contributed by atoms with van der Waals surface area (Å²) in [5, 5.41) is 0. The van der Waals surface area contributed by atoms with Gasteiger partial charge < -0.3 is 23.8 Å². The summed E-state index contributed by atoms with van der Waals surface area (Å²) >= 11 is 0. The number of esters is 1. The summed E-state index contributed by atoms with van der Waals surface area (Å²) in [6.45, 7) is 12.5. The van der Waals surface area contributed by atoms with Crippen molar-refractivity contribution < 1.29 is 32.9 Å². The third-order valence-corrected chi connectivity index (χ3v) is 5.41. The van der Waals surface area contributed by atoms with E-state index in [-0.39, 0.29) is 23.9 Å². The van der Waals surface area contributed by atoms with Gasteiger partial charge in [0.15, 0.2) is 0 Å². The second-order valence-corrected chi connectivity index (χ2v) is 10.8. The monoisotopic (exact) mass is 481 g/mol. The van der Waals surface area contributed by atoms with Gasteiger partial charge in [-0.3, -0.25) is 4.79 Å². The lowest BCUT2D eigenvalue weighted by Crippen LogP contribution is -2.37. The number of carbonyl (C=O) groups is 2. The molecular formula is C26H40FNO6. The first-order chi connectivity index (χ1) is 15.8. The van der Waals surface area contributed by atoms with Gasteiger partial charge in [0.25, 0.3) is 0 Å². The Hall–Kier alpha value is -2.51. The maximum Gasteiger partial charge on any atom is 0.410 e. The Bertz CT molecular complexity index is 830. The third-order valence-electron chi connectivity index (χ3n) is 5.41. The predicted octanol–water partition coefficient (Wildman–Crippen LogP) is 5.60. The summed E-state index contributed by atoms with van der Waals surface area (Å²) in [5.41, 5.74) is -1.15. The zero-order valence-corrected chi connectivity index (χ0v) is 21.6. The summed E-state index contributed by atoms with van der Waals surface area (Å²) < 4.78 is 35.5. The Morgan fingerprint density at radius 2 is 1.68 bits per heavy atom. The molecule has 2 rings (SSSR count). The molecular weight excluding hydrogens is 441 g/mol. The van der Waals surface area contributed by atoms with Crippen molar-refractivity contribution in [1.82, 2.24) is 4.90 Å². The molecule has 1 aliphatic rings. The van der Waals surface area contributed by atoms with Gasteiger partial charge in [0.05, 0.1) is 19.6 Å². The van der Waals surface area contributed by atoms with Crippen LogP contribution >= 0.6 is 0 Å². The zero-order valence-electron chi connectivity index (χ0n) is 21.6. The maximum absolute atomic E-state index is 13.6. The van der Waals surface area contributed by atoms with Crippen molar-refractivity contribution in [2.45, 2.75) is 78.4 Å². The SMILES string of the molecule is COc1cc(F)cc(OCCCC[C@H](C(=O)OC(C)(C)C)[C@H]2CCN(C(=O)OC(C)(C)C)C2)c1. The van der Waals surface area contributed by atoms with E-state index >= 15 is 0 Å². The van der Waals surface area contributed by atoms with Crippen LogP contribution in [-0.2, 0) is 14.3 Å². The van der Waals surface area contributed by atoms with Crippen LogP contribution in [0.1, 0.15) is 67.2 Å². The summed E-state index contributed by atoms with van der Waals surface area (Å²) in [4.78, 5) is 27.1. The number of carbonyl (C=O) groups excluding carboxylic acids is 2. The number of amides is 1. The molecule has 1 aromatic rings. The molecule has 8 heteroatoms. The van der Waals surface area contributed by atoms with Gasteiger partial charge in [-0.15, -0.1) is 0 Å². The first-order valence-corrected chi connectivity index (χ1v) is 12.0. The van der Waals surface area contributed by atoms with Gasteiger partial charge in [-0.25, -0.2) is 9.18 Å². The number of benzene rings is 1. The lowest BCUT2D eigenvalue weighted by atomic mass is 9.87. The molecule has 1 heterocycles. The highest BCUT2D eigenvalue weighted by atomic mass is 19.1. The zero-order chi connectivity index (χ0) is 25.5. The second kappa shape index (κ2) is 11.8. The third kappa shape index (κ3) is 9.39. The summed E-state index contributed by atoms with van der Waals surface area (Å²) in [5.74, 6) is -0.161. The number of hydrogen-bond donors (Lipinski definition) is 0. The van der Waals surface area contributed by atoms with Crippen molar-refractivity contribution in [1.29, 1.82) is 0 Å². The molecule has 192 valence electrons. The molecule has 0 aliphatic carbocycles. The fourth-order valence-electron chi connectivity index (χ4n) is 3.93. The van der Waals surface area contributed by atoms with Gasteiger partial charge in [-0.2, -0.15) is 0 Å². The summed E-state index contributed by atoms with van der Waals surface area (Å²) in [6.07, 6.45) is 2.43. The molecule has 1 aliphatic heterocycles. The van der Waals surface area contributed by atoms with Crippen molar-refractivity contribution >= 4 is 12.1 Å². The Kier molecular flexibility index (Phi) is 9.59. The molecule has 1 amide bonds. The van der Waals surface area contributed by atoms with Crippen LogP contribution in [0.15, 0.2) is 18.2 Å². The molecule has 0 aromatic heterocycles. The molecule has 0 radical (unpaired) electrons. The number of hydrogen-bond acceptors (Lipinski definition) is 6. The molecule has 0 N–H and O–H groups in total. The quantitative estimate of drug-likeness (QED) is 0.338. The second-order valence-electron chi connectivity index (χ2n) is 10.8. The van der Waals surface area contributed by atoms with Crippen LogP contribution in [0.4, 0.5) is 9.18 Å². The molecule has 0 spiro atoms. The minimum atomic E-state index is -0.585. The van der Waals surface area contributed by atoms with E-state index < -0.39 is 17.0 Å². The van der Waals surface area contributed by atoms with E-state index in [0.29, 0.717) is 44.0 Å². The van der Waals surface area contributed by atoms with E-state index in [1.165, 1.54) is 19.2 Å². The van der Waals surface area contributed by atoms with Crippen LogP contribution in [0.3, 0.4) is 0 Å². The van der Waals surface area contributed by atoms with Gasteiger partial charge in [-0.1, -0.05) is 0 Å². The Morgan fingerprint density at radius 1 is 1.03 bits per heavy atom. The van der Waals surface area contributed by atoms with Gasteiger partial charge in [0.1, 0.15) is 28.5 Å². The first kappa shape index (κ1) is 27.7. The molecule has 1 fully saturated rings. The van der Waals surface area contributed by atoms with Gasteiger partial charge in [0.2, 0.25) is 0 Å². The highest BCUT2D eigenvalue weighted by Crippen LogP contribution is 2.31. The maximum atomic E-state index is 13.6. The van der Waals surface area contributed by atoms with Gasteiger partial charge in [-0.05, 0) is 73.1 Å². The van der Waals surface area contributed by atoms with Gasteiger partial charge >= 0.3 is 12.1 Å². The molecule has 0 bridgehead atoms. The fraction of sp³-hybridized carbons (Fsp3) is 0.692. The number of nitrogens with zero attached hydrogens (tertiary/aromatic N) is 1. The van der Waals surface area contributed by atoms with Crippen LogP contribution in [0, 0.1) is 17.7 Å². The van der Waals surface area contributed by atoms with Crippen molar-refractivity contribution in [2.24, 2.45) is 11.8 Å². The van der Waals surface area contributed by atoms with E-state index in [1.54, 1.807) is 11.0 Å². The highest BCUT2D eigenvalue weighted by Gasteiger charge is 2.38. The average molecular weight is 482 g/mol. The average Bonchev–Trinajstić information content (AvgIpc) is 3.17. The lowest BCUT2D eigenvalue weighted by Gasteiger charge is -2.28.